The van der Waals surface area contributed by atoms with Gasteiger partial charge in [0.1, 0.15) is 0 Å². The van der Waals surface area contributed by atoms with Gasteiger partial charge in [0, 0.05) is 34.0 Å². The Bertz CT molecular complexity index is 621. The Morgan fingerprint density at radius 3 is 2.60 bits per heavy atom. The molecule has 1 aromatic heterocycles. The van der Waals surface area contributed by atoms with Crippen LogP contribution in [0.5, 0.6) is 0 Å². The summed E-state index contributed by atoms with van der Waals surface area (Å²) in [5.74, 6) is 1.25. The van der Waals surface area contributed by atoms with Crippen molar-refractivity contribution in [1.82, 2.24) is 9.88 Å². The monoisotopic (exact) mass is 334 g/mol. The quantitative estimate of drug-likeness (QED) is 0.853. The van der Waals surface area contributed by atoms with E-state index in [0.29, 0.717) is 11.8 Å². The lowest BCUT2D eigenvalue weighted by molar-refractivity contribution is 0.445. The molecule has 3 heteroatoms. The Kier molecular flexibility index (Phi) is 3.91. The molecule has 1 saturated heterocycles. The van der Waals surface area contributed by atoms with Crippen LogP contribution in [0.1, 0.15) is 49.8 Å². The summed E-state index contributed by atoms with van der Waals surface area (Å²) in [6.45, 7) is 6.78. The van der Waals surface area contributed by atoms with E-state index in [-0.39, 0.29) is 0 Å². The minimum absolute atomic E-state index is 0.578. The summed E-state index contributed by atoms with van der Waals surface area (Å²) in [5, 5.41) is 4.82. The van der Waals surface area contributed by atoms with Gasteiger partial charge in [0.15, 0.2) is 0 Å². The second kappa shape index (κ2) is 5.53. The molecule has 1 aromatic carbocycles. The van der Waals surface area contributed by atoms with E-state index in [1.165, 1.54) is 39.5 Å². The first kappa shape index (κ1) is 14.2. The molecule has 1 fully saturated rings. The average Bonchev–Trinajstić information content (AvgIpc) is 2.71. The van der Waals surface area contributed by atoms with Crippen LogP contribution in [0.25, 0.3) is 10.9 Å². The minimum Gasteiger partial charge on any atom is -0.346 e. The van der Waals surface area contributed by atoms with E-state index in [2.05, 4.69) is 64.9 Å². The van der Waals surface area contributed by atoms with Crippen molar-refractivity contribution < 1.29 is 0 Å². The number of hydrogen-bond acceptors (Lipinski definition) is 1. The van der Waals surface area contributed by atoms with Gasteiger partial charge in [0.2, 0.25) is 0 Å². The van der Waals surface area contributed by atoms with Crippen LogP contribution >= 0.6 is 15.9 Å². The second-order valence-electron chi connectivity index (χ2n) is 6.21. The molecule has 108 valence electrons. The van der Waals surface area contributed by atoms with E-state index in [4.69, 9.17) is 0 Å². The number of piperidine rings is 1. The number of fused-ring (bicyclic) bond motifs is 1. The van der Waals surface area contributed by atoms with Crippen LogP contribution in [-0.4, -0.2) is 17.7 Å². The van der Waals surface area contributed by atoms with Gasteiger partial charge in [0.05, 0.1) is 0 Å². The molecular formula is C17H23BrN2. The Hall–Kier alpha value is -0.800. The summed E-state index contributed by atoms with van der Waals surface area (Å²) < 4.78 is 3.70. The van der Waals surface area contributed by atoms with E-state index in [0.717, 1.165) is 13.1 Å². The molecule has 0 bridgehead atoms. The van der Waals surface area contributed by atoms with Gasteiger partial charge in [0.25, 0.3) is 0 Å². The van der Waals surface area contributed by atoms with Gasteiger partial charge in [-0.15, -0.1) is 0 Å². The fraction of sp³-hybridized carbons (Fsp3) is 0.529. The van der Waals surface area contributed by atoms with Crippen molar-refractivity contribution >= 4 is 26.8 Å². The standard InChI is InChI=1S/C17H23BrN2/c1-11(2)13-4-5-15-14(10-13)16(18)17(20(15)3)12-6-8-19-9-7-12/h4-5,10-12,19H,6-9H2,1-3H3. The van der Waals surface area contributed by atoms with Gasteiger partial charge < -0.3 is 9.88 Å². The molecule has 2 aromatic rings. The van der Waals surface area contributed by atoms with Crippen molar-refractivity contribution in [3.63, 3.8) is 0 Å². The van der Waals surface area contributed by atoms with Gasteiger partial charge in [-0.05, 0) is 65.5 Å². The van der Waals surface area contributed by atoms with Crippen molar-refractivity contribution in [2.45, 2.75) is 38.5 Å². The number of halogens is 1. The first-order chi connectivity index (χ1) is 9.59. The highest BCUT2D eigenvalue weighted by Gasteiger charge is 2.23. The van der Waals surface area contributed by atoms with Crippen LogP contribution in [0, 0.1) is 0 Å². The highest BCUT2D eigenvalue weighted by molar-refractivity contribution is 9.10. The Morgan fingerprint density at radius 2 is 1.95 bits per heavy atom. The zero-order chi connectivity index (χ0) is 14.3. The lowest BCUT2D eigenvalue weighted by Crippen LogP contribution is -2.27. The van der Waals surface area contributed by atoms with Crippen molar-refractivity contribution in [3.8, 4) is 0 Å². The SMILES string of the molecule is CC(C)c1ccc2c(c1)c(Br)c(C1CCNCC1)n2C. The maximum atomic E-state index is 3.88. The van der Waals surface area contributed by atoms with E-state index in [1.807, 2.05) is 0 Å². The van der Waals surface area contributed by atoms with Crippen molar-refractivity contribution in [2.24, 2.45) is 7.05 Å². The zero-order valence-electron chi connectivity index (χ0n) is 12.5. The summed E-state index contributed by atoms with van der Waals surface area (Å²) >= 11 is 3.88. The summed E-state index contributed by atoms with van der Waals surface area (Å²) in [5.41, 5.74) is 4.23. The minimum atomic E-state index is 0.578. The van der Waals surface area contributed by atoms with Gasteiger partial charge in [-0.3, -0.25) is 0 Å². The number of aryl methyl sites for hydroxylation is 1. The van der Waals surface area contributed by atoms with Crippen LogP contribution < -0.4 is 5.32 Å². The predicted molar refractivity (Wildman–Crippen MR) is 89.6 cm³/mol. The normalized spacial score (nSPS) is 17.2. The van der Waals surface area contributed by atoms with E-state index in [1.54, 1.807) is 0 Å². The molecule has 0 atom stereocenters. The average molecular weight is 335 g/mol. The fourth-order valence-corrected chi connectivity index (χ4v) is 4.25. The molecule has 1 N–H and O–H groups in total. The molecule has 2 nitrogen and oxygen atoms in total. The molecule has 2 heterocycles. The first-order valence-electron chi connectivity index (χ1n) is 7.58. The third kappa shape index (κ3) is 2.31. The van der Waals surface area contributed by atoms with E-state index in [9.17, 15) is 0 Å². The van der Waals surface area contributed by atoms with Crippen LogP contribution in [0.2, 0.25) is 0 Å². The smallest absolute Gasteiger partial charge is 0.0491 e. The maximum absolute atomic E-state index is 3.88. The second-order valence-corrected chi connectivity index (χ2v) is 7.01. The van der Waals surface area contributed by atoms with Crippen LogP contribution in [0.4, 0.5) is 0 Å². The molecule has 0 radical (unpaired) electrons. The lowest BCUT2D eigenvalue weighted by Gasteiger charge is -2.24. The van der Waals surface area contributed by atoms with Gasteiger partial charge in [-0.2, -0.15) is 0 Å². The highest BCUT2D eigenvalue weighted by atomic mass is 79.9. The van der Waals surface area contributed by atoms with Crippen molar-refractivity contribution in [1.29, 1.82) is 0 Å². The molecule has 20 heavy (non-hydrogen) atoms. The number of aromatic nitrogens is 1. The van der Waals surface area contributed by atoms with Crippen LogP contribution in [0.15, 0.2) is 22.7 Å². The molecule has 1 aliphatic heterocycles. The number of benzene rings is 1. The molecule has 3 rings (SSSR count). The van der Waals surface area contributed by atoms with Gasteiger partial charge in [-0.1, -0.05) is 19.9 Å². The summed E-state index contributed by atoms with van der Waals surface area (Å²) in [7, 11) is 2.21. The third-order valence-electron chi connectivity index (χ3n) is 4.60. The largest absolute Gasteiger partial charge is 0.346 e. The van der Waals surface area contributed by atoms with Crippen molar-refractivity contribution in [2.75, 3.05) is 13.1 Å². The number of hydrogen-bond donors (Lipinski definition) is 1. The van der Waals surface area contributed by atoms with E-state index < -0.39 is 0 Å². The van der Waals surface area contributed by atoms with Crippen LogP contribution in [0.3, 0.4) is 0 Å². The molecule has 0 saturated carbocycles. The molecular weight excluding hydrogens is 312 g/mol. The van der Waals surface area contributed by atoms with Crippen LogP contribution in [-0.2, 0) is 7.05 Å². The summed E-state index contributed by atoms with van der Waals surface area (Å²) in [6, 6.07) is 6.90. The van der Waals surface area contributed by atoms with E-state index >= 15 is 0 Å². The Morgan fingerprint density at radius 1 is 1.25 bits per heavy atom. The Balaban J connectivity index is 2.13. The Labute approximate surface area is 129 Å². The maximum Gasteiger partial charge on any atom is 0.0491 e. The summed E-state index contributed by atoms with van der Waals surface area (Å²) in [6.07, 6.45) is 2.47. The third-order valence-corrected chi connectivity index (χ3v) is 5.43. The zero-order valence-corrected chi connectivity index (χ0v) is 14.1. The van der Waals surface area contributed by atoms with Crippen molar-refractivity contribution in [3.05, 3.63) is 33.9 Å². The molecule has 0 unspecified atom stereocenters. The van der Waals surface area contributed by atoms with Gasteiger partial charge >= 0.3 is 0 Å². The topological polar surface area (TPSA) is 17.0 Å². The molecule has 1 aliphatic rings. The van der Waals surface area contributed by atoms with Gasteiger partial charge in [-0.25, -0.2) is 0 Å². The number of rotatable bonds is 2. The lowest BCUT2D eigenvalue weighted by atomic mass is 9.94. The fourth-order valence-electron chi connectivity index (χ4n) is 3.34. The number of nitrogens with zero attached hydrogens (tertiary/aromatic N) is 1. The molecule has 0 amide bonds. The first-order valence-corrected chi connectivity index (χ1v) is 8.37. The number of nitrogens with one attached hydrogen (secondary N) is 1. The molecule has 0 aliphatic carbocycles. The summed E-state index contributed by atoms with van der Waals surface area (Å²) in [4.78, 5) is 0. The highest BCUT2D eigenvalue weighted by Crippen LogP contribution is 2.39. The molecule has 0 spiro atoms. The predicted octanol–water partition coefficient (Wildman–Crippen LogP) is 4.53.